The molecule has 0 saturated carbocycles. The van der Waals surface area contributed by atoms with Gasteiger partial charge in [0.05, 0.1) is 21.3 Å². The topological polar surface area (TPSA) is 49.3 Å². The number of nitrogens with zero attached hydrogens (tertiary/aromatic N) is 1. The fourth-order valence-corrected chi connectivity index (χ4v) is 10.8. The Bertz CT molecular complexity index is 1010. The van der Waals surface area contributed by atoms with Gasteiger partial charge in [0.2, 0.25) is 0 Å². The van der Waals surface area contributed by atoms with Crippen molar-refractivity contribution in [2.24, 2.45) is 4.99 Å². The molecule has 0 spiro atoms. The molecule has 0 aromatic heterocycles. The molecule has 6 heteroatoms. The maximum Gasteiger partial charge on any atom is 0.258 e. The fourth-order valence-electron chi connectivity index (χ4n) is 5.59. The summed E-state index contributed by atoms with van der Waals surface area (Å²) in [6, 6.07) is 10.4. The van der Waals surface area contributed by atoms with Gasteiger partial charge < -0.3 is 18.6 Å². The van der Waals surface area contributed by atoms with Gasteiger partial charge >= 0.3 is 0 Å². The second kappa shape index (κ2) is 10.9. The molecule has 186 valence electrons. The molecule has 0 saturated heterocycles. The zero-order valence-electron chi connectivity index (χ0n) is 22.3. The van der Waals surface area contributed by atoms with Crippen LogP contribution in [0.4, 0.5) is 0 Å². The number of aliphatic imine (C=N–C) groups is 1. The van der Waals surface area contributed by atoms with Crippen molar-refractivity contribution < 1.29 is 18.6 Å². The summed E-state index contributed by atoms with van der Waals surface area (Å²) >= 11 is 0. The summed E-state index contributed by atoms with van der Waals surface area (Å²) in [4.78, 5) is 4.89. The Morgan fingerprint density at radius 3 is 1.91 bits per heavy atom. The number of rotatable bonds is 10. The van der Waals surface area contributed by atoms with Gasteiger partial charge in [-0.2, -0.15) is 0 Å². The van der Waals surface area contributed by atoms with Gasteiger partial charge in [-0.1, -0.05) is 47.6 Å². The summed E-state index contributed by atoms with van der Waals surface area (Å²) in [5.74, 6) is 3.14. The molecule has 0 atom stereocenters. The summed E-state index contributed by atoms with van der Waals surface area (Å²) in [6.07, 6.45) is 1.63. The number of fused-ring (bicyclic) bond motifs is 1. The third-order valence-electron chi connectivity index (χ3n) is 7.20. The van der Waals surface area contributed by atoms with E-state index in [1.54, 1.807) is 21.3 Å². The third-order valence-corrected chi connectivity index (χ3v) is 13.2. The summed E-state index contributed by atoms with van der Waals surface area (Å²) in [7, 11) is 2.95. The van der Waals surface area contributed by atoms with E-state index in [1.165, 1.54) is 5.56 Å². The minimum Gasteiger partial charge on any atom is -0.540 e. The molecule has 0 amide bonds. The van der Waals surface area contributed by atoms with Gasteiger partial charge in [-0.15, -0.1) is 0 Å². The normalized spacial score (nSPS) is 13.7. The van der Waals surface area contributed by atoms with E-state index < -0.39 is 8.32 Å². The Labute approximate surface area is 206 Å². The van der Waals surface area contributed by atoms with Crippen LogP contribution in [0.3, 0.4) is 0 Å². The number of methoxy groups -OCH3 is 3. The maximum atomic E-state index is 7.01. The molecule has 34 heavy (non-hydrogen) atoms. The van der Waals surface area contributed by atoms with E-state index in [0.29, 0.717) is 16.6 Å². The van der Waals surface area contributed by atoms with E-state index in [9.17, 15) is 0 Å². The average Bonchev–Trinajstić information content (AvgIpc) is 2.81. The summed E-state index contributed by atoms with van der Waals surface area (Å²) < 4.78 is 23.8. The van der Waals surface area contributed by atoms with Crippen molar-refractivity contribution >= 4 is 14.0 Å². The largest absolute Gasteiger partial charge is 0.540 e. The van der Waals surface area contributed by atoms with Gasteiger partial charge in [-0.3, -0.25) is 4.99 Å². The van der Waals surface area contributed by atoms with Crippen LogP contribution in [0, 0.1) is 0 Å². The van der Waals surface area contributed by atoms with E-state index >= 15 is 0 Å². The van der Waals surface area contributed by atoms with Crippen molar-refractivity contribution in [3.05, 3.63) is 47.0 Å². The van der Waals surface area contributed by atoms with Crippen molar-refractivity contribution in [1.82, 2.24) is 0 Å². The van der Waals surface area contributed by atoms with E-state index in [2.05, 4.69) is 65.8 Å². The van der Waals surface area contributed by atoms with Crippen molar-refractivity contribution in [3.63, 3.8) is 0 Å². The highest BCUT2D eigenvalue weighted by Crippen LogP contribution is 2.45. The molecule has 0 radical (unpaired) electrons. The predicted molar refractivity (Wildman–Crippen MR) is 143 cm³/mol. The molecule has 1 heterocycles. The Balaban J connectivity index is 1.98. The fraction of sp³-hybridized carbons (Fsp3) is 0.536. The van der Waals surface area contributed by atoms with Crippen LogP contribution in [0.1, 0.15) is 58.2 Å². The summed E-state index contributed by atoms with van der Waals surface area (Å²) in [5, 5.41) is 0. The molecule has 2 aromatic rings. The van der Waals surface area contributed by atoms with Gasteiger partial charge in [0.25, 0.3) is 8.32 Å². The molecule has 3 rings (SSSR count). The summed E-state index contributed by atoms with van der Waals surface area (Å²) in [5.41, 5.74) is 6.07. The lowest BCUT2D eigenvalue weighted by molar-refractivity contribution is 0.354. The van der Waals surface area contributed by atoms with Crippen molar-refractivity contribution in [1.29, 1.82) is 0 Å². The van der Waals surface area contributed by atoms with Crippen LogP contribution in [-0.2, 0) is 12.8 Å². The van der Waals surface area contributed by atoms with Crippen LogP contribution < -0.4 is 18.6 Å². The first-order valence-corrected chi connectivity index (χ1v) is 14.5. The molecule has 0 unspecified atom stereocenters. The number of hydrogen-bond donors (Lipinski definition) is 0. The standard InChI is InChI=1S/C28H41NO4Si/c1-18(2)34(19(3)4,20(5)6)33-28-15-21(10-11-25(28)30-7)14-24-23-17-27(32-9)26(31-8)16-22(23)12-13-29-24/h10-11,15-20H,12-14H2,1-9H3. The third kappa shape index (κ3) is 4.97. The first kappa shape index (κ1) is 26.1. The molecule has 0 fully saturated rings. The van der Waals surface area contributed by atoms with E-state index in [-0.39, 0.29) is 0 Å². The molecule has 0 bridgehead atoms. The molecule has 2 aromatic carbocycles. The SMILES string of the molecule is COc1cc2c(cc1OC)C(Cc1ccc(OC)c(O[Si](C(C)C)(C(C)C)C(C)C)c1)=NCC2. The molecule has 0 aliphatic carbocycles. The highest BCUT2D eigenvalue weighted by molar-refractivity contribution is 6.78. The lowest BCUT2D eigenvalue weighted by Gasteiger charge is -2.42. The quantitative estimate of drug-likeness (QED) is 0.347. The Kier molecular flexibility index (Phi) is 8.34. The molecule has 5 nitrogen and oxygen atoms in total. The molecule has 0 N–H and O–H groups in total. The van der Waals surface area contributed by atoms with Gasteiger partial charge in [-0.05, 0) is 58.4 Å². The Morgan fingerprint density at radius 1 is 0.765 bits per heavy atom. The first-order valence-electron chi connectivity index (χ1n) is 12.3. The van der Waals surface area contributed by atoms with Gasteiger partial charge in [0.15, 0.2) is 17.2 Å². The van der Waals surface area contributed by atoms with Crippen LogP contribution >= 0.6 is 0 Å². The van der Waals surface area contributed by atoms with E-state index in [0.717, 1.165) is 59.2 Å². The highest BCUT2D eigenvalue weighted by atomic mass is 28.4. The smallest absolute Gasteiger partial charge is 0.258 e. The lowest BCUT2D eigenvalue weighted by atomic mass is 9.93. The minimum absolute atomic E-state index is 0.484. The zero-order valence-corrected chi connectivity index (χ0v) is 23.3. The first-order chi connectivity index (χ1) is 16.2. The van der Waals surface area contributed by atoms with Crippen LogP contribution in [0.5, 0.6) is 23.0 Å². The lowest BCUT2D eigenvalue weighted by Crippen LogP contribution is -2.50. The van der Waals surface area contributed by atoms with Gasteiger partial charge in [-0.25, -0.2) is 0 Å². The Morgan fingerprint density at radius 2 is 1.35 bits per heavy atom. The van der Waals surface area contributed by atoms with Crippen LogP contribution in [0.2, 0.25) is 16.6 Å². The van der Waals surface area contributed by atoms with Crippen LogP contribution in [-0.4, -0.2) is 41.9 Å². The second-order valence-corrected chi connectivity index (χ2v) is 15.4. The second-order valence-electron chi connectivity index (χ2n) is 10.0. The van der Waals surface area contributed by atoms with Crippen LogP contribution in [0.15, 0.2) is 35.3 Å². The van der Waals surface area contributed by atoms with Crippen molar-refractivity contribution in [3.8, 4) is 23.0 Å². The molecule has 1 aliphatic rings. The van der Waals surface area contributed by atoms with Crippen molar-refractivity contribution in [2.45, 2.75) is 71.0 Å². The Hall–Kier alpha value is -2.47. The number of ether oxygens (including phenoxy) is 3. The van der Waals surface area contributed by atoms with E-state index in [4.69, 9.17) is 23.6 Å². The maximum absolute atomic E-state index is 7.01. The number of hydrogen-bond acceptors (Lipinski definition) is 5. The van der Waals surface area contributed by atoms with Gasteiger partial charge in [0.1, 0.15) is 5.75 Å². The summed E-state index contributed by atoms with van der Waals surface area (Å²) in [6.45, 7) is 14.6. The van der Waals surface area contributed by atoms with Gasteiger partial charge in [0, 0.05) is 24.2 Å². The average molecular weight is 484 g/mol. The molecular formula is C28H41NO4Si. The number of benzene rings is 2. The van der Waals surface area contributed by atoms with E-state index in [1.807, 2.05) is 6.07 Å². The molecular weight excluding hydrogens is 442 g/mol. The minimum atomic E-state index is -2.11. The zero-order chi connectivity index (χ0) is 25.0. The highest BCUT2D eigenvalue weighted by Gasteiger charge is 2.47. The molecule has 1 aliphatic heterocycles. The predicted octanol–water partition coefficient (Wildman–Crippen LogP) is 6.85. The monoisotopic (exact) mass is 483 g/mol. The van der Waals surface area contributed by atoms with Crippen LogP contribution in [0.25, 0.3) is 0 Å². The van der Waals surface area contributed by atoms with Crippen molar-refractivity contribution in [2.75, 3.05) is 27.9 Å².